The molecule has 2 aromatic rings. The molecule has 0 fully saturated rings. The van der Waals surface area contributed by atoms with Gasteiger partial charge in [-0.05, 0) is 46.4 Å². The van der Waals surface area contributed by atoms with Crippen LogP contribution >= 0.6 is 22.6 Å². The summed E-state index contributed by atoms with van der Waals surface area (Å²) < 4.78 is 0.972. The fourth-order valence-corrected chi connectivity index (χ4v) is 2.44. The summed E-state index contributed by atoms with van der Waals surface area (Å²) in [5.74, 6) is -1.48. The standard InChI is InChI=1S/C15H13IN2O3/c16-12-4-2-1-3-11(12)9-13(15(20)21)18-14(19)10-5-7-17-8-6-10/h1-8,13H,9H2,(H,18,19)(H,20,21)/t13-/m0/s1. The number of carboxylic acid groups (broad SMARTS) is 1. The summed E-state index contributed by atoms with van der Waals surface area (Å²) in [6, 6.07) is 9.61. The number of hydrogen-bond acceptors (Lipinski definition) is 3. The molecule has 0 aliphatic rings. The molecule has 2 N–H and O–H groups in total. The number of carbonyl (C=O) groups excluding carboxylic acids is 1. The van der Waals surface area contributed by atoms with E-state index in [1.807, 2.05) is 24.3 Å². The second kappa shape index (κ2) is 7.16. The van der Waals surface area contributed by atoms with E-state index in [1.165, 1.54) is 12.4 Å². The average Bonchev–Trinajstić information content (AvgIpc) is 2.49. The van der Waals surface area contributed by atoms with E-state index in [9.17, 15) is 14.7 Å². The van der Waals surface area contributed by atoms with Crippen molar-refractivity contribution in [3.8, 4) is 0 Å². The molecule has 21 heavy (non-hydrogen) atoms. The van der Waals surface area contributed by atoms with Crippen molar-refractivity contribution in [1.29, 1.82) is 0 Å². The molecule has 6 heteroatoms. The van der Waals surface area contributed by atoms with Crippen LogP contribution in [-0.4, -0.2) is 28.0 Å². The summed E-state index contributed by atoms with van der Waals surface area (Å²) in [6.45, 7) is 0. The molecule has 0 saturated heterocycles. The molecular formula is C15H13IN2O3. The lowest BCUT2D eigenvalue weighted by atomic mass is 10.1. The van der Waals surface area contributed by atoms with Gasteiger partial charge in [0.2, 0.25) is 0 Å². The predicted octanol–water partition coefficient (Wildman–Crippen LogP) is 2.11. The molecule has 0 radical (unpaired) electrons. The second-order valence-corrected chi connectivity index (χ2v) is 5.56. The lowest BCUT2D eigenvalue weighted by Crippen LogP contribution is -2.42. The minimum atomic E-state index is -1.06. The number of hydrogen-bond donors (Lipinski definition) is 2. The third-order valence-electron chi connectivity index (χ3n) is 2.93. The molecule has 1 aromatic carbocycles. The molecule has 1 aromatic heterocycles. The van der Waals surface area contributed by atoms with Crippen molar-refractivity contribution in [1.82, 2.24) is 10.3 Å². The van der Waals surface area contributed by atoms with E-state index >= 15 is 0 Å². The fraction of sp³-hybridized carbons (Fsp3) is 0.133. The third-order valence-corrected chi connectivity index (χ3v) is 3.98. The van der Waals surface area contributed by atoms with Crippen LogP contribution in [0.15, 0.2) is 48.8 Å². The SMILES string of the molecule is O=C(N[C@@H](Cc1ccccc1I)C(=O)O)c1ccncc1. The van der Waals surface area contributed by atoms with Crippen LogP contribution < -0.4 is 5.32 Å². The Morgan fingerprint density at radius 2 is 1.86 bits per heavy atom. The number of halogens is 1. The van der Waals surface area contributed by atoms with Gasteiger partial charge in [-0.15, -0.1) is 0 Å². The number of benzene rings is 1. The van der Waals surface area contributed by atoms with E-state index in [0.29, 0.717) is 5.56 Å². The quantitative estimate of drug-likeness (QED) is 0.759. The minimum absolute atomic E-state index is 0.241. The maximum atomic E-state index is 12.0. The molecule has 0 aliphatic heterocycles. The Balaban J connectivity index is 2.12. The van der Waals surface area contributed by atoms with Crippen molar-refractivity contribution < 1.29 is 14.7 Å². The van der Waals surface area contributed by atoms with Gasteiger partial charge in [-0.2, -0.15) is 0 Å². The van der Waals surface area contributed by atoms with E-state index in [2.05, 4.69) is 32.9 Å². The third kappa shape index (κ3) is 4.25. The van der Waals surface area contributed by atoms with Crippen molar-refractivity contribution in [3.05, 3.63) is 63.5 Å². The Morgan fingerprint density at radius 1 is 1.19 bits per heavy atom. The first-order valence-electron chi connectivity index (χ1n) is 6.25. The number of amides is 1. The van der Waals surface area contributed by atoms with Crippen LogP contribution in [0.4, 0.5) is 0 Å². The average molecular weight is 396 g/mol. The lowest BCUT2D eigenvalue weighted by Gasteiger charge is -2.15. The number of nitrogens with one attached hydrogen (secondary N) is 1. The first-order valence-corrected chi connectivity index (χ1v) is 7.33. The molecule has 5 nitrogen and oxygen atoms in total. The fourth-order valence-electron chi connectivity index (χ4n) is 1.83. The number of carboxylic acids is 1. The van der Waals surface area contributed by atoms with Crippen molar-refractivity contribution >= 4 is 34.5 Å². The monoisotopic (exact) mass is 396 g/mol. The number of nitrogens with zero attached hydrogens (tertiary/aromatic N) is 1. The topological polar surface area (TPSA) is 79.3 Å². The molecule has 0 saturated carbocycles. The smallest absolute Gasteiger partial charge is 0.326 e. The Labute approximate surface area is 135 Å². The largest absolute Gasteiger partial charge is 0.480 e. The van der Waals surface area contributed by atoms with Gasteiger partial charge in [0.25, 0.3) is 5.91 Å². The van der Waals surface area contributed by atoms with E-state index in [0.717, 1.165) is 9.13 Å². The summed E-state index contributed by atoms with van der Waals surface area (Å²) in [4.78, 5) is 27.2. The molecule has 1 amide bonds. The van der Waals surface area contributed by atoms with Gasteiger partial charge >= 0.3 is 5.97 Å². The molecule has 0 unspecified atom stereocenters. The highest BCUT2D eigenvalue weighted by molar-refractivity contribution is 14.1. The summed E-state index contributed by atoms with van der Waals surface area (Å²) in [5.41, 5.74) is 1.28. The number of pyridine rings is 1. The maximum absolute atomic E-state index is 12.0. The zero-order chi connectivity index (χ0) is 15.2. The highest BCUT2D eigenvalue weighted by Crippen LogP contribution is 2.14. The molecule has 108 valence electrons. The number of aliphatic carboxylic acids is 1. The zero-order valence-corrected chi connectivity index (χ0v) is 13.1. The van der Waals surface area contributed by atoms with E-state index < -0.39 is 17.9 Å². The summed E-state index contributed by atoms with van der Waals surface area (Å²) in [5, 5.41) is 11.8. The zero-order valence-electron chi connectivity index (χ0n) is 11.0. The molecule has 1 atom stereocenters. The first kappa shape index (κ1) is 15.4. The Kier molecular flexibility index (Phi) is 5.26. The summed E-state index contributed by atoms with van der Waals surface area (Å²) in [7, 11) is 0. The van der Waals surface area contributed by atoms with Crippen molar-refractivity contribution in [2.24, 2.45) is 0 Å². The minimum Gasteiger partial charge on any atom is -0.480 e. The first-order chi connectivity index (χ1) is 10.1. The normalized spacial score (nSPS) is 11.7. The van der Waals surface area contributed by atoms with Gasteiger partial charge in [0.1, 0.15) is 6.04 Å². The van der Waals surface area contributed by atoms with Crippen LogP contribution in [0.1, 0.15) is 15.9 Å². The van der Waals surface area contributed by atoms with Gasteiger partial charge < -0.3 is 10.4 Å². The van der Waals surface area contributed by atoms with Gasteiger partial charge in [-0.3, -0.25) is 9.78 Å². The Morgan fingerprint density at radius 3 is 2.48 bits per heavy atom. The molecule has 0 spiro atoms. The van der Waals surface area contributed by atoms with Crippen molar-refractivity contribution in [2.45, 2.75) is 12.5 Å². The summed E-state index contributed by atoms with van der Waals surface area (Å²) >= 11 is 2.15. The lowest BCUT2D eigenvalue weighted by molar-refractivity contribution is -0.139. The van der Waals surface area contributed by atoms with Crippen LogP contribution in [0.25, 0.3) is 0 Å². The number of aromatic nitrogens is 1. The van der Waals surface area contributed by atoms with Crippen molar-refractivity contribution in [3.63, 3.8) is 0 Å². The predicted molar refractivity (Wildman–Crippen MR) is 86.0 cm³/mol. The number of rotatable bonds is 5. The van der Waals surface area contributed by atoms with E-state index in [4.69, 9.17) is 0 Å². The molecular weight excluding hydrogens is 383 g/mol. The van der Waals surface area contributed by atoms with Gasteiger partial charge in [0, 0.05) is 27.9 Å². The highest BCUT2D eigenvalue weighted by atomic mass is 127. The Hall–Kier alpha value is -1.96. The van der Waals surface area contributed by atoms with Gasteiger partial charge in [-0.25, -0.2) is 4.79 Å². The van der Waals surface area contributed by atoms with Crippen LogP contribution in [-0.2, 0) is 11.2 Å². The Bertz CT molecular complexity index is 646. The van der Waals surface area contributed by atoms with Crippen LogP contribution in [0.5, 0.6) is 0 Å². The van der Waals surface area contributed by atoms with Crippen LogP contribution in [0.3, 0.4) is 0 Å². The number of carbonyl (C=O) groups is 2. The highest BCUT2D eigenvalue weighted by Gasteiger charge is 2.21. The molecule has 1 heterocycles. The summed E-state index contributed by atoms with van der Waals surface area (Å²) in [6.07, 6.45) is 3.22. The molecule has 0 bridgehead atoms. The van der Waals surface area contributed by atoms with Gasteiger partial charge in [0.15, 0.2) is 0 Å². The van der Waals surface area contributed by atoms with Crippen molar-refractivity contribution in [2.75, 3.05) is 0 Å². The second-order valence-electron chi connectivity index (χ2n) is 4.40. The van der Waals surface area contributed by atoms with E-state index in [1.54, 1.807) is 12.1 Å². The molecule has 2 rings (SSSR count). The van der Waals surface area contributed by atoms with Gasteiger partial charge in [-0.1, -0.05) is 18.2 Å². The van der Waals surface area contributed by atoms with Crippen LogP contribution in [0, 0.1) is 3.57 Å². The maximum Gasteiger partial charge on any atom is 0.326 e. The van der Waals surface area contributed by atoms with E-state index in [-0.39, 0.29) is 6.42 Å². The molecule has 0 aliphatic carbocycles. The van der Waals surface area contributed by atoms with Gasteiger partial charge in [0.05, 0.1) is 0 Å². The van der Waals surface area contributed by atoms with Crippen LogP contribution in [0.2, 0.25) is 0 Å².